The molecule has 2 aromatic carbocycles. The van der Waals surface area contributed by atoms with Crippen LogP contribution >= 0.6 is 0 Å². The third kappa shape index (κ3) is 2.39. The molecule has 0 radical (unpaired) electrons. The van der Waals surface area contributed by atoms with E-state index in [-0.39, 0.29) is 28.9 Å². The van der Waals surface area contributed by atoms with Gasteiger partial charge in [0.05, 0.1) is 27.6 Å². The second-order valence-corrected chi connectivity index (χ2v) is 15.2. The molecule has 234 valence electrons. The van der Waals surface area contributed by atoms with Gasteiger partial charge in [-0.3, -0.25) is 10.2 Å². The number of benzene rings is 2. The zero-order chi connectivity index (χ0) is 31.0. The molecule has 3 spiro atoms. The number of rotatable bonds is 5. The van der Waals surface area contributed by atoms with E-state index in [0.717, 1.165) is 60.5 Å². The van der Waals surface area contributed by atoms with Crippen LogP contribution in [-0.4, -0.2) is 79.7 Å². The Morgan fingerprint density at radius 3 is 2.57 bits per heavy atom. The summed E-state index contributed by atoms with van der Waals surface area (Å²) in [5.74, 6) is 1.55. The number of aromatic hydroxyl groups is 2. The van der Waals surface area contributed by atoms with Crippen molar-refractivity contribution in [3.63, 3.8) is 0 Å². The van der Waals surface area contributed by atoms with Crippen molar-refractivity contribution in [3.8, 4) is 23.0 Å². The number of nitrogens with zero attached hydrogens (tertiary/aromatic N) is 3. The number of hydrogen-bond donors (Lipinski definition) is 4. The van der Waals surface area contributed by atoms with Crippen LogP contribution in [-0.2, 0) is 23.7 Å². The van der Waals surface area contributed by atoms with Gasteiger partial charge in [-0.25, -0.2) is 0 Å². The van der Waals surface area contributed by atoms with Gasteiger partial charge in [0.1, 0.15) is 11.3 Å². The lowest BCUT2D eigenvalue weighted by atomic mass is 9.26. The molecule has 9 atom stereocenters. The van der Waals surface area contributed by atoms with Crippen LogP contribution in [0.1, 0.15) is 47.9 Å². The minimum Gasteiger partial charge on any atom is -0.504 e. The van der Waals surface area contributed by atoms with Gasteiger partial charge in [-0.05, 0) is 68.0 Å². The third-order valence-electron chi connectivity index (χ3n) is 13.7. The van der Waals surface area contributed by atoms with Crippen LogP contribution in [0.25, 0.3) is 0 Å². The van der Waals surface area contributed by atoms with Gasteiger partial charge in [0.25, 0.3) is 0 Å². The van der Waals surface area contributed by atoms with Crippen LogP contribution in [0.5, 0.6) is 23.0 Å². The number of phenols is 2. The van der Waals surface area contributed by atoms with Gasteiger partial charge in [0.15, 0.2) is 35.2 Å². The van der Waals surface area contributed by atoms with Crippen molar-refractivity contribution in [2.45, 2.75) is 84.3 Å². The van der Waals surface area contributed by atoms with Gasteiger partial charge in [-0.1, -0.05) is 30.4 Å². The molecule has 0 amide bonds. The minimum absolute atomic E-state index is 0.0977. The van der Waals surface area contributed by atoms with E-state index < -0.39 is 28.2 Å². The number of piperidine rings is 2. The smallest absolute Gasteiger partial charge is 0.166 e. The molecule has 4 bridgehead atoms. The number of nitrogens with one attached hydrogen (secondary N) is 1. The highest BCUT2D eigenvalue weighted by molar-refractivity contribution is 6.04. The molecule has 4 aliphatic heterocycles. The van der Waals surface area contributed by atoms with Gasteiger partial charge in [-0.15, -0.1) is 13.2 Å². The van der Waals surface area contributed by atoms with E-state index in [9.17, 15) is 15.3 Å². The molecule has 4 heterocycles. The van der Waals surface area contributed by atoms with E-state index in [0.29, 0.717) is 36.8 Å². The van der Waals surface area contributed by atoms with Crippen LogP contribution in [0.4, 0.5) is 0 Å². The molecule has 2 saturated heterocycles. The first-order valence-electron chi connectivity index (χ1n) is 16.6. The van der Waals surface area contributed by atoms with Crippen molar-refractivity contribution in [1.29, 1.82) is 0 Å². The Kier molecular flexibility index (Phi) is 4.43. The van der Waals surface area contributed by atoms with Crippen molar-refractivity contribution in [2.24, 2.45) is 16.1 Å². The molecular formula is C37H36N4O5. The fraction of sp³-hybridized carbons (Fsp3) is 0.459. The monoisotopic (exact) mass is 616 g/mol. The van der Waals surface area contributed by atoms with Crippen molar-refractivity contribution in [2.75, 3.05) is 13.1 Å². The standard InChI is InChI=1S/C37H36N4O5/c1-3-11-33-16-20-6-10-26(43)30-28(20)36-18-34(40-33,37(33,36)44)17-23(32(36)46-30)39-38-22-8-7-21-24-15-19-5-9-25(42)29-27(19)35(21,31(22)45-29)12-14-41(24)13-4-2/h3-10,21,24,31-32,40,42-44H,1-2,11-18H2/b38-22+,39-23?/t21-,24+,31-,32-,33+,34-,35-,36-,37-/m0/s1. The van der Waals surface area contributed by atoms with Crippen LogP contribution in [0, 0.1) is 5.92 Å². The zero-order valence-electron chi connectivity index (χ0n) is 25.5. The Hall–Kier alpha value is -3.92. The van der Waals surface area contributed by atoms with Gasteiger partial charge >= 0.3 is 0 Å². The summed E-state index contributed by atoms with van der Waals surface area (Å²) >= 11 is 0. The Morgan fingerprint density at radius 1 is 0.978 bits per heavy atom. The number of hydrogen-bond acceptors (Lipinski definition) is 9. The van der Waals surface area contributed by atoms with E-state index >= 15 is 0 Å². The van der Waals surface area contributed by atoms with Gasteiger partial charge in [0.2, 0.25) is 0 Å². The third-order valence-corrected chi connectivity index (χ3v) is 13.7. The maximum Gasteiger partial charge on any atom is 0.166 e. The highest BCUT2D eigenvalue weighted by Crippen LogP contribution is 2.80. The summed E-state index contributed by atoms with van der Waals surface area (Å²) in [7, 11) is 0. The Balaban J connectivity index is 1.04. The Labute approximate surface area is 266 Å². The summed E-state index contributed by atoms with van der Waals surface area (Å²) in [5, 5.41) is 48.4. The molecular weight excluding hydrogens is 580 g/mol. The van der Waals surface area contributed by atoms with Crippen LogP contribution in [0.2, 0.25) is 0 Å². The summed E-state index contributed by atoms with van der Waals surface area (Å²) in [6.45, 7) is 9.78. The average molecular weight is 617 g/mol. The highest BCUT2D eigenvalue weighted by Gasteiger charge is 2.95. The summed E-state index contributed by atoms with van der Waals surface area (Å²) < 4.78 is 13.3. The number of likely N-dealkylation sites (tertiary alicyclic amines) is 1. The highest BCUT2D eigenvalue weighted by atomic mass is 16.5. The quantitative estimate of drug-likeness (QED) is 0.301. The van der Waals surface area contributed by atoms with Crippen LogP contribution < -0.4 is 14.8 Å². The average Bonchev–Trinajstić information content (AvgIpc) is 3.59. The summed E-state index contributed by atoms with van der Waals surface area (Å²) in [6.07, 6.45) is 11.6. The van der Waals surface area contributed by atoms with Gasteiger partial charge < -0.3 is 24.8 Å². The van der Waals surface area contributed by atoms with E-state index in [1.807, 2.05) is 18.2 Å². The first-order valence-corrected chi connectivity index (χ1v) is 16.6. The fourth-order valence-corrected chi connectivity index (χ4v) is 12.5. The minimum atomic E-state index is -1.04. The molecule has 0 aromatic heterocycles. The second-order valence-electron chi connectivity index (χ2n) is 15.2. The topological polar surface area (TPSA) is 119 Å². The molecule has 46 heavy (non-hydrogen) atoms. The van der Waals surface area contributed by atoms with E-state index in [2.05, 4.69) is 41.6 Å². The molecule has 0 unspecified atom stereocenters. The molecule has 9 nitrogen and oxygen atoms in total. The largest absolute Gasteiger partial charge is 0.504 e. The molecule has 2 aromatic rings. The molecule has 10 aliphatic rings. The van der Waals surface area contributed by atoms with E-state index in [4.69, 9.17) is 19.7 Å². The van der Waals surface area contributed by atoms with Crippen molar-refractivity contribution >= 4 is 11.4 Å². The van der Waals surface area contributed by atoms with Crippen molar-refractivity contribution in [1.82, 2.24) is 10.2 Å². The van der Waals surface area contributed by atoms with E-state index in [1.54, 1.807) is 12.1 Å². The summed E-state index contributed by atoms with van der Waals surface area (Å²) in [4.78, 5) is 2.52. The molecule has 4 N–H and O–H groups in total. The molecule has 3 saturated carbocycles. The maximum absolute atomic E-state index is 12.7. The first kappa shape index (κ1) is 26.2. The lowest BCUT2D eigenvalue weighted by Gasteiger charge is -2.86. The predicted molar refractivity (Wildman–Crippen MR) is 171 cm³/mol. The first-order chi connectivity index (χ1) is 22.3. The molecule has 9 heteroatoms. The fourth-order valence-electron chi connectivity index (χ4n) is 12.5. The van der Waals surface area contributed by atoms with Crippen LogP contribution in [0.3, 0.4) is 0 Å². The summed E-state index contributed by atoms with van der Waals surface area (Å²) in [6, 6.07) is 7.81. The number of aliphatic hydroxyl groups is 1. The maximum atomic E-state index is 12.7. The Morgan fingerprint density at radius 2 is 1.76 bits per heavy atom. The van der Waals surface area contributed by atoms with E-state index in [1.165, 1.54) is 5.56 Å². The normalized spacial score (nSPS) is 45.2. The van der Waals surface area contributed by atoms with Crippen LogP contribution in [0.15, 0.2) is 71.9 Å². The number of fused-ring (bicyclic) bond motifs is 1. The van der Waals surface area contributed by atoms with Gasteiger partial charge in [0, 0.05) is 36.1 Å². The summed E-state index contributed by atoms with van der Waals surface area (Å²) in [5.41, 5.74) is 2.78. The SMILES string of the molecule is C=CCN1CC[C@]23c4c5ccc(O)c4O[C@H]2/C(=N/N=C2C[C@@]46C[C@]78c9c(ccc(O)c9O[C@@H]27)C[C@@](CC=C)(N4)[C@]68O)C=C[C@H]3[C@H]1C5. The Bertz CT molecular complexity index is 1950. The second kappa shape index (κ2) is 7.78. The van der Waals surface area contributed by atoms with Crippen molar-refractivity contribution in [3.05, 3.63) is 84.0 Å². The number of phenolic OH excluding ortho intramolecular Hbond substituents is 2. The van der Waals surface area contributed by atoms with Gasteiger partial charge in [-0.2, -0.15) is 10.2 Å². The molecule has 12 rings (SSSR count). The van der Waals surface area contributed by atoms with Crippen molar-refractivity contribution < 1.29 is 24.8 Å². The number of ether oxygens (including phenoxy) is 2. The predicted octanol–water partition coefficient (Wildman–Crippen LogP) is 3.35. The molecule has 6 aliphatic carbocycles. The zero-order valence-corrected chi connectivity index (χ0v) is 25.5. The lowest BCUT2D eigenvalue weighted by Crippen LogP contribution is -3.07. The molecule has 5 fully saturated rings. The lowest BCUT2D eigenvalue weighted by molar-refractivity contribution is -0.343.